The molecule has 4 heteroatoms. The van der Waals surface area contributed by atoms with Gasteiger partial charge in [-0.1, -0.05) is 48.5 Å². The second kappa shape index (κ2) is 5.97. The summed E-state index contributed by atoms with van der Waals surface area (Å²) >= 11 is 0. The Labute approximate surface area is 170 Å². The predicted molar refractivity (Wildman–Crippen MR) is 116 cm³/mol. The summed E-state index contributed by atoms with van der Waals surface area (Å²) in [6, 6.07) is 17.8. The summed E-state index contributed by atoms with van der Waals surface area (Å²) in [6.45, 7) is 7.78. The summed E-state index contributed by atoms with van der Waals surface area (Å²) in [5.41, 5.74) is 1.48. The minimum atomic E-state index is -0.864. The highest BCUT2D eigenvalue weighted by Gasteiger charge is 2.51. The molecule has 0 aliphatic carbocycles. The fraction of sp³-hybridized carbons (Fsp3) is 0.250. The van der Waals surface area contributed by atoms with Crippen molar-refractivity contribution in [2.75, 3.05) is 0 Å². The lowest BCUT2D eigenvalue weighted by Gasteiger charge is -2.32. The average Bonchev–Trinajstić information content (AvgIpc) is 3.18. The largest absolute Gasteiger partial charge is 0.494 e. The first-order valence-electron chi connectivity index (χ1n) is 11.1. The summed E-state index contributed by atoms with van der Waals surface area (Å²) in [5.74, 6) is 0. The molecule has 0 radical (unpaired) electrons. The lowest BCUT2D eigenvalue weighted by Crippen LogP contribution is -2.41. The molecule has 1 aliphatic rings. The highest BCUT2D eigenvalue weighted by atomic mass is 16.7. The van der Waals surface area contributed by atoms with Gasteiger partial charge in [0.05, 0.1) is 26.3 Å². The van der Waals surface area contributed by atoms with Crippen LogP contribution in [0.5, 0.6) is 0 Å². The monoisotopic (exact) mass is 372 g/mol. The fourth-order valence-corrected chi connectivity index (χ4v) is 3.70. The standard InChI is InChI=1S/C24H24BNO2/c1-23(2)24(3,4)28-25(27-23)17-14-15-22-20(16-17)19-12-8-9-13-21(19)26(22)18-10-6-5-7-11-18/h5-16H,1-4H3/i14D,15D,16D. The number of aromatic nitrogens is 1. The first-order valence-corrected chi connectivity index (χ1v) is 9.58. The van der Waals surface area contributed by atoms with Gasteiger partial charge in [0, 0.05) is 16.5 Å². The van der Waals surface area contributed by atoms with E-state index < -0.39 is 18.3 Å². The normalized spacial score (nSPS) is 19.7. The Hall–Kier alpha value is -2.56. The minimum Gasteiger partial charge on any atom is -0.399 e. The Bertz CT molecular complexity index is 1320. The van der Waals surface area contributed by atoms with Crippen molar-refractivity contribution < 1.29 is 13.4 Å². The van der Waals surface area contributed by atoms with Crippen molar-refractivity contribution in [3.8, 4) is 5.69 Å². The summed E-state index contributed by atoms with van der Waals surface area (Å²) in [6.07, 6.45) is 0. The molecule has 1 saturated heterocycles. The van der Waals surface area contributed by atoms with Crippen LogP contribution in [0.4, 0.5) is 0 Å². The highest BCUT2D eigenvalue weighted by Crippen LogP contribution is 2.37. The molecule has 3 nitrogen and oxygen atoms in total. The maximum atomic E-state index is 9.08. The van der Waals surface area contributed by atoms with E-state index in [2.05, 4.69) is 0 Å². The van der Waals surface area contributed by atoms with Crippen molar-refractivity contribution in [1.82, 2.24) is 4.57 Å². The molecule has 5 rings (SSSR count). The number of hydrogen-bond acceptors (Lipinski definition) is 2. The molecule has 140 valence electrons. The van der Waals surface area contributed by atoms with Gasteiger partial charge in [-0.25, -0.2) is 0 Å². The van der Waals surface area contributed by atoms with Gasteiger partial charge in [0.2, 0.25) is 0 Å². The van der Waals surface area contributed by atoms with Crippen molar-refractivity contribution in [1.29, 1.82) is 0 Å². The fourth-order valence-electron chi connectivity index (χ4n) is 3.70. The van der Waals surface area contributed by atoms with Crippen LogP contribution in [0.2, 0.25) is 0 Å². The summed E-state index contributed by atoms with van der Waals surface area (Å²) in [5, 5.41) is 1.52. The molecule has 1 aromatic heterocycles. The molecule has 2 heterocycles. The topological polar surface area (TPSA) is 23.4 Å². The van der Waals surface area contributed by atoms with Crippen LogP contribution in [0, 0.1) is 0 Å². The summed E-state index contributed by atoms with van der Waals surface area (Å²) in [4.78, 5) is 0. The van der Waals surface area contributed by atoms with E-state index in [0.717, 1.165) is 16.6 Å². The molecule has 0 amide bonds. The van der Waals surface area contributed by atoms with E-state index in [0.29, 0.717) is 16.4 Å². The molecule has 0 atom stereocenters. The third-order valence-electron chi connectivity index (χ3n) is 5.95. The number of nitrogens with zero attached hydrogens (tertiary/aromatic N) is 1. The zero-order valence-electron chi connectivity index (χ0n) is 19.5. The van der Waals surface area contributed by atoms with Crippen LogP contribution in [0.25, 0.3) is 27.5 Å². The van der Waals surface area contributed by atoms with Crippen molar-refractivity contribution in [3.63, 3.8) is 0 Å². The smallest absolute Gasteiger partial charge is 0.399 e. The molecule has 1 fully saturated rings. The van der Waals surface area contributed by atoms with E-state index in [1.54, 1.807) is 0 Å². The van der Waals surface area contributed by atoms with E-state index in [4.69, 9.17) is 13.4 Å². The number of benzene rings is 3. The quantitative estimate of drug-likeness (QED) is 0.458. The van der Waals surface area contributed by atoms with Gasteiger partial charge < -0.3 is 13.9 Å². The second-order valence-electron chi connectivity index (χ2n) is 8.29. The second-order valence-corrected chi connectivity index (χ2v) is 8.29. The minimum absolute atomic E-state index is 0.0315. The highest BCUT2D eigenvalue weighted by molar-refractivity contribution is 6.62. The predicted octanol–water partition coefficient (Wildman–Crippen LogP) is 5.08. The van der Waals surface area contributed by atoms with Gasteiger partial charge in [-0.3, -0.25) is 0 Å². The van der Waals surface area contributed by atoms with Crippen molar-refractivity contribution in [3.05, 3.63) is 72.7 Å². The van der Waals surface area contributed by atoms with Gasteiger partial charge in [0.15, 0.2) is 0 Å². The first-order chi connectivity index (χ1) is 14.6. The van der Waals surface area contributed by atoms with Gasteiger partial charge in [-0.05, 0) is 57.4 Å². The molecule has 4 aromatic rings. The Morgan fingerprint density at radius 2 is 1.43 bits per heavy atom. The molecule has 3 aromatic carbocycles. The Morgan fingerprint density at radius 3 is 2.14 bits per heavy atom. The van der Waals surface area contributed by atoms with Gasteiger partial charge in [-0.2, -0.15) is 0 Å². The van der Waals surface area contributed by atoms with E-state index >= 15 is 0 Å². The van der Waals surface area contributed by atoms with Crippen molar-refractivity contribution in [2.45, 2.75) is 38.9 Å². The van der Waals surface area contributed by atoms with E-state index in [1.165, 1.54) is 0 Å². The zero-order chi connectivity index (χ0) is 22.1. The van der Waals surface area contributed by atoms with E-state index in [-0.39, 0.29) is 18.1 Å². The molecule has 0 bridgehead atoms. The maximum Gasteiger partial charge on any atom is 0.494 e. The molecule has 0 N–H and O–H groups in total. The number of hydrogen-bond donors (Lipinski definition) is 0. The van der Waals surface area contributed by atoms with Gasteiger partial charge >= 0.3 is 7.12 Å². The zero-order valence-corrected chi connectivity index (χ0v) is 16.5. The Balaban J connectivity index is 1.87. The van der Waals surface area contributed by atoms with E-state index in [9.17, 15) is 0 Å². The van der Waals surface area contributed by atoms with Crippen LogP contribution >= 0.6 is 0 Å². The van der Waals surface area contributed by atoms with Gasteiger partial charge in [-0.15, -0.1) is 0 Å². The van der Waals surface area contributed by atoms with E-state index in [1.807, 2.05) is 86.9 Å². The van der Waals surface area contributed by atoms with Crippen LogP contribution in [0.3, 0.4) is 0 Å². The van der Waals surface area contributed by atoms with Crippen molar-refractivity contribution in [2.24, 2.45) is 0 Å². The van der Waals surface area contributed by atoms with Crippen LogP contribution in [-0.2, 0) is 9.31 Å². The molecular formula is C24H24BNO2. The summed E-state index contributed by atoms with van der Waals surface area (Å²) in [7, 11) is -0.864. The molecule has 28 heavy (non-hydrogen) atoms. The Kier molecular flexibility index (Phi) is 3.08. The van der Waals surface area contributed by atoms with Gasteiger partial charge in [0.25, 0.3) is 0 Å². The molecule has 0 spiro atoms. The number of para-hydroxylation sites is 2. The number of rotatable bonds is 2. The maximum absolute atomic E-state index is 9.08. The third-order valence-corrected chi connectivity index (χ3v) is 5.95. The number of fused-ring (bicyclic) bond motifs is 3. The summed E-state index contributed by atoms with van der Waals surface area (Å²) < 4.78 is 41.1. The Morgan fingerprint density at radius 1 is 0.786 bits per heavy atom. The van der Waals surface area contributed by atoms with Gasteiger partial charge in [0.1, 0.15) is 0 Å². The average molecular weight is 372 g/mol. The molecule has 0 saturated carbocycles. The van der Waals surface area contributed by atoms with Crippen molar-refractivity contribution >= 4 is 34.4 Å². The first kappa shape index (κ1) is 14.4. The van der Waals surface area contributed by atoms with Crippen LogP contribution < -0.4 is 5.46 Å². The van der Waals surface area contributed by atoms with Crippen LogP contribution in [-0.4, -0.2) is 22.9 Å². The van der Waals surface area contributed by atoms with Crippen LogP contribution in [0.15, 0.2) is 72.7 Å². The third kappa shape index (κ3) is 2.52. The molecule has 1 aliphatic heterocycles. The lowest BCUT2D eigenvalue weighted by atomic mass is 9.78. The molecular weight excluding hydrogens is 345 g/mol. The van der Waals surface area contributed by atoms with Crippen LogP contribution in [0.1, 0.15) is 31.8 Å². The lowest BCUT2D eigenvalue weighted by molar-refractivity contribution is 0.00578. The SMILES string of the molecule is [2H]c1c(B2OC(C)(C)C(C)(C)O2)c([2H])c2c3ccccc3n(-c3ccccc3)c2c1[2H]. The molecule has 0 unspecified atom stereocenters.